The summed E-state index contributed by atoms with van der Waals surface area (Å²) in [5.74, 6) is -0.539. The number of nitro benzene ring substituents is 1. The first-order valence-corrected chi connectivity index (χ1v) is 6.64. The molecule has 0 unspecified atom stereocenters. The van der Waals surface area contributed by atoms with Gasteiger partial charge in [0.05, 0.1) is 10.6 Å². The van der Waals surface area contributed by atoms with Gasteiger partial charge in [-0.05, 0) is 37.3 Å². The van der Waals surface area contributed by atoms with Gasteiger partial charge in [-0.3, -0.25) is 10.1 Å². The van der Waals surface area contributed by atoms with Crippen molar-refractivity contribution in [1.82, 2.24) is 0 Å². The van der Waals surface area contributed by atoms with E-state index >= 15 is 0 Å². The van der Waals surface area contributed by atoms with Crippen molar-refractivity contribution in [2.24, 2.45) is 0 Å². The standard InChI is InChI=1S/C14H13ClFN3O2/c1-2-17-11-4-3-5-12(14(11)19(20)21)18-13-8-9(15)6-7-10(13)16/h3-8,17-18H,2H2,1H3. The molecule has 0 aliphatic rings. The van der Waals surface area contributed by atoms with Crippen LogP contribution in [0.15, 0.2) is 36.4 Å². The number of benzene rings is 2. The minimum Gasteiger partial charge on any atom is -0.380 e. The van der Waals surface area contributed by atoms with Gasteiger partial charge in [-0.2, -0.15) is 0 Å². The van der Waals surface area contributed by atoms with Crippen molar-refractivity contribution in [3.63, 3.8) is 0 Å². The van der Waals surface area contributed by atoms with Crippen LogP contribution in [-0.4, -0.2) is 11.5 Å². The summed E-state index contributed by atoms with van der Waals surface area (Å²) in [6, 6.07) is 8.74. The van der Waals surface area contributed by atoms with Crippen LogP contribution in [0.5, 0.6) is 0 Å². The highest BCUT2D eigenvalue weighted by molar-refractivity contribution is 6.30. The molecule has 0 aromatic heterocycles. The zero-order valence-electron chi connectivity index (χ0n) is 11.2. The van der Waals surface area contributed by atoms with Crippen LogP contribution in [0.1, 0.15) is 6.92 Å². The summed E-state index contributed by atoms with van der Waals surface area (Å²) in [5.41, 5.74) is 0.507. The lowest BCUT2D eigenvalue weighted by Crippen LogP contribution is -2.04. The molecule has 7 heteroatoms. The molecule has 0 aliphatic heterocycles. The van der Waals surface area contributed by atoms with Gasteiger partial charge in [0.25, 0.3) is 0 Å². The lowest BCUT2D eigenvalue weighted by molar-refractivity contribution is -0.383. The molecule has 0 aliphatic carbocycles. The minimum absolute atomic E-state index is 0.0826. The predicted octanol–water partition coefficient (Wildman–Crippen LogP) is 4.56. The van der Waals surface area contributed by atoms with Gasteiger partial charge >= 0.3 is 5.69 Å². The minimum atomic E-state index is -0.539. The second-order valence-electron chi connectivity index (χ2n) is 4.24. The third-order valence-corrected chi connectivity index (χ3v) is 3.02. The van der Waals surface area contributed by atoms with Crippen LogP contribution in [0.3, 0.4) is 0 Å². The van der Waals surface area contributed by atoms with Crippen molar-refractivity contribution >= 4 is 34.4 Å². The lowest BCUT2D eigenvalue weighted by Gasteiger charge is -2.11. The summed E-state index contributed by atoms with van der Waals surface area (Å²) in [6.07, 6.45) is 0. The van der Waals surface area contributed by atoms with Gasteiger partial charge in [0.1, 0.15) is 17.2 Å². The first kappa shape index (κ1) is 15.1. The number of para-hydroxylation sites is 1. The normalized spacial score (nSPS) is 10.2. The number of hydrogen-bond donors (Lipinski definition) is 2. The smallest absolute Gasteiger partial charge is 0.315 e. The van der Waals surface area contributed by atoms with Crippen LogP contribution >= 0.6 is 11.6 Å². The fourth-order valence-electron chi connectivity index (χ4n) is 1.91. The van der Waals surface area contributed by atoms with E-state index in [9.17, 15) is 14.5 Å². The maximum Gasteiger partial charge on any atom is 0.315 e. The molecule has 0 saturated carbocycles. The van der Waals surface area contributed by atoms with E-state index in [0.29, 0.717) is 17.3 Å². The Hall–Kier alpha value is -2.34. The molecule has 110 valence electrons. The number of anilines is 3. The largest absolute Gasteiger partial charge is 0.380 e. The fraction of sp³-hybridized carbons (Fsp3) is 0.143. The van der Waals surface area contributed by atoms with Crippen molar-refractivity contribution in [2.45, 2.75) is 6.92 Å². The number of halogens is 2. The zero-order valence-corrected chi connectivity index (χ0v) is 11.9. The lowest BCUT2D eigenvalue weighted by atomic mass is 10.2. The summed E-state index contributed by atoms with van der Waals surface area (Å²) in [4.78, 5) is 10.8. The molecule has 2 N–H and O–H groups in total. The SMILES string of the molecule is CCNc1cccc(Nc2cc(Cl)ccc2F)c1[N+](=O)[O-]. The van der Waals surface area contributed by atoms with Crippen LogP contribution in [0.25, 0.3) is 0 Å². The number of rotatable bonds is 5. The third-order valence-electron chi connectivity index (χ3n) is 2.78. The van der Waals surface area contributed by atoms with E-state index in [1.54, 1.807) is 12.1 Å². The zero-order chi connectivity index (χ0) is 15.4. The molecule has 0 radical (unpaired) electrons. The Morgan fingerprint density at radius 2 is 1.95 bits per heavy atom. The number of nitrogens with zero attached hydrogens (tertiary/aromatic N) is 1. The fourth-order valence-corrected chi connectivity index (χ4v) is 2.08. The van der Waals surface area contributed by atoms with Crippen LogP contribution in [0.4, 0.5) is 27.1 Å². The van der Waals surface area contributed by atoms with Crippen LogP contribution in [0.2, 0.25) is 5.02 Å². The van der Waals surface area contributed by atoms with Crippen molar-refractivity contribution in [3.05, 3.63) is 57.4 Å². The monoisotopic (exact) mass is 309 g/mol. The molecule has 5 nitrogen and oxygen atoms in total. The topological polar surface area (TPSA) is 67.2 Å². The van der Waals surface area contributed by atoms with Crippen LogP contribution < -0.4 is 10.6 Å². The molecule has 0 amide bonds. The highest BCUT2D eigenvalue weighted by atomic mass is 35.5. The van der Waals surface area contributed by atoms with E-state index in [-0.39, 0.29) is 17.1 Å². The molecule has 21 heavy (non-hydrogen) atoms. The van der Waals surface area contributed by atoms with Gasteiger partial charge in [0, 0.05) is 11.6 Å². The molecule has 0 atom stereocenters. The summed E-state index contributed by atoms with van der Waals surface area (Å²) in [7, 11) is 0. The Labute approximate surface area is 125 Å². The van der Waals surface area contributed by atoms with Gasteiger partial charge in [0.15, 0.2) is 0 Å². The molecule has 0 saturated heterocycles. The molecule has 0 spiro atoms. The highest BCUT2D eigenvalue weighted by Crippen LogP contribution is 2.35. The van der Waals surface area contributed by atoms with Crippen molar-refractivity contribution in [1.29, 1.82) is 0 Å². The molecule has 2 rings (SSSR count). The highest BCUT2D eigenvalue weighted by Gasteiger charge is 2.20. The van der Waals surface area contributed by atoms with E-state index in [1.165, 1.54) is 24.3 Å². The van der Waals surface area contributed by atoms with Gasteiger partial charge in [-0.1, -0.05) is 17.7 Å². The van der Waals surface area contributed by atoms with E-state index in [0.717, 1.165) is 0 Å². The Bertz CT molecular complexity index is 679. The van der Waals surface area contributed by atoms with E-state index in [2.05, 4.69) is 10.6 Å². The first-order chi connectivity index (χ1) is 10.0. The molecular formula is C14H13ClFN3O2. The van der Waals surface area contributed by atoms with Gasteiger partial charge < -0.3 is 10.6 Å². The van der Waals surface area contributed by atoms with Crippen LogP contribution in [0, 0.1) is 15.9 Å². The molecule has 0 heterocycles. The Morgan fingerprint density at radius 1 is 1.24 bits per heavy atom. The van der Waals surface area contributed by atoms with E-state index < -0.39 is 10.7 Å². The molecule has 2 aromatic rings. The van der Waals surface area contributed by atoms with Crippen molar-refractivity contribution in [3.8, 4) is 0 Å². The third kappa shape index (κ3) is 3.41. The summed E-state index contributed by atoms with van der Waals surface area (Å²) in [6.45, 7) is 2.37. The van der Waals surface area contributed by atoms with Gasteiger partial charge in [-0.25, -0.2) is 4.39 Å². The van der Waals surface area contributed by atoms with E-state index in [4.69, 9.17) is 11.6 Å². The van der Waals surface area contributed by atoms with E-state index in [1.807, 2.05) is 6.92 Å². The molecular weight excluding hydrogens is 297 g/mol. The maximum atomic E-state index is 13.7. The number of hydrogen-bond acceptors (Lipinski definition) is 4. The number of nitro groups is 1. The summed E-state index contributed by atoms with van der Waals surface area (Å²) >= 11 is 5.81. The van der Waals surface area contributed by atoms with Crippen LogP contribution in [-0.2, 0) is 0 Å². The predicted molar refractivity (Wildman–Crippen MR) is 82.0 cm³/mol. The van der Waals surface area contributed by atoms with Gasteiger partial charge in [-0.15, -0.1) is 0 Å². The maximum absolute atomic E-state index is 13.7. The molecule has 0 bridgehead atoms. The quantitative estimate of drug-likeness (QED) is 0.627. The van der Waals surface area contributed by atoms with Crippen molar-refractivity contribution in [2.75, 3.05) is 17.2 Å². The summed E-state index contributed by atoms with van der Waals surface area (Å²) < 4.78 is 13.7. The van der Waals surface area contributed by atoms with Gasteiger partial charge in [0.2, 0.25) is 0 Å². The Kier molecular flexibility index (Phi) is 4.59. The second kappa shape index (κ2) is 6.41. The second-order valence-corrected chi connectivity index (χ2v) is 4.67. The number of nitrogens with one attached hydrogen (secondary N) is 2. The summed E-state index contributed by atoms with van der Waals surface area (Å²) in [5, 5.41) is 17.2. The molecule has 0 fully saturated rings. The molecule has 2 aromatic carbocycles. The van der Waals surface area contributed by atoms with Crippen molar-refractivity contribution < 1.29 is 9.31 Å². The Morgan fingerprint density at radius 3 is 2.62 bits per heavy atom. The average Bonchev–Trinajstić information content (AvgIpc) is 2.43. The average molecular weight is 310 g/mol. The first-order valence-electron chi connectivity index (χ1n) is 6.26. The Balaban J connectivity index is 2.46.